The Morgan fingerprint density at radius 3 is 2.44 bits per heavy atom. The predicted molar refractivity (Wildman–Crippen MR) is 143 cm³/mol. The number of hydrogen-bond acceptors (Lipinski definition) is 4. The molecular formula is C28H27ClN6O. The van der Waals surface area contributed by atoms with Crippen molar-refractivity contribution in [2.75, 3.05) is 5.32 Å². The van der Waals surface area contributed by atoms with Crippen LogP contribution in [0.25, 0.3) is 22.2 Å². The topological polar surface area (TPSA) is 77.6 Å². The molecule has 0 bridgehead atoms. The summed E-state index contributed by atoms with van der Waals surface area (Å²) in [4.78, 5) is 17.6. The Kier molecular flexibility index (Phi) is 6.33. The van der Waals surface area contributed by atoms with Crippen LogP contribution in [0.4, 0.5) is 5.69 Å². The highest BCUT2D eigenvalue weighted by Gasteiger charge is 2.18. The van der Waals surface area contributed by atoms with Crippen molar-refractivity contribution in [3.05, 3.63) is 94.0 Å². The fraction of sp³-hybridized carbons (Fsp3) is 0.214. The summed E-state index contributed by atoms with van der Waals surface area (Å²) in [5, 5.41) is 13.9. The molecule has 5 rings (SSSR count). The van der Waals surface area contributed by atoms with Gasteiger partial charge in [0.15, 0.2) is 5.65 Å². The van der Waals surface area contributed by atoms with E-state index in [9.17, 15) is 4.79 Å². The Labute approximate surface area is 214 Å². The van der Waals surface area contributed by atoms with Crippen molar-refractivity contribution in [2.45, 2.75) is 40.8 Å². The molecule has 5 aromatic rings. The van der Waals surface area contributed by atoms with Crippen LogP contribution in [-0.2, 0) is 17.9 Å². The lowest BCUT2D eigenvalue weighted by Crippen LogP contribution is -2.20. The number of hydrogen-bond donors (Lipinski definition) is 1. The van der Waals surface area contributed by atoms with E-state index in [1.54, 1.807) is 10.9 Å². The van der Waals surface area contributed by atoms with Crippen LogP contribution in [0.15, 0.2) is 60.8 Å². The maximum Gasteiger partial charge on any atom is 0.246 e. The molecule has 0 radical (unpaired) electrons. The average molecular weight is 499 g/mol. The molecule has 0 spiro atoms. The second kappa shape index (κ2) is 9.59. The second-order valence-corrected chi connectivity index (χ2v) is 9.48. The minimum atomic E-state index is -0.185. The monoisotopic (exact) mass is 498 g/mol. The van der Waals surface area contributed by atoms with Crippen molar-refractivity contribution in [3.63, 3.8) is 0 Å². The second-order valence-electron chi connectivity index (χ2n) is 9.05. The zero-order valence-corrected chi connectivity index (χ0v) is 21.5. The SMILES string of the molecule is Cc1ccc(-c2ccnc3c2c(C)nn3CC(=O)Nc2c(C)nn(Cc3cccc(Cl)c3)c2C)cc1. The third-order valence-corrected chi connectivity index (χ3v) is 6.57. The van der Waals surface area contributed by atoms with Crippen LogP contribution in [0, 0.1) is 27.7 Å². The molecule has 2 aromatic carbocycles. The highest BCUT2D eigenvalue weighted by atomic mass is 35.5. The fourth-order valence-corrected chi connectivity index (χ4v) is 4.73. The van der Waals surface area contributed by atoms with Gasteiger partial charge in [0.05, 0.1) is 29.3 Å². The van der Waals surface area contributed by atoms with E-state index in [-0.39, 0.29) is 12.5 Å². The molecule has 7 nitrogen and oxygen atoms in total. The summed E-state index contributed by atoms with van der Waals surface area (Å²) < 4.78 is 3.54. The third-order valence-electron chi connectivity index (χ3n) is 6.33. The summed E-state index contributed by atoms with van der Waals surface area (Å²) in [6.45, 7) is 8.47. The molecule has 182 valence electrons. The Hall–Kier alpha value is -3.97. The van der Waals surface area contributed by atoms with Gasteiger partial charge in [-0.1, -0.05) is 53.6 Å². The van der Waals surface area contributed by atoms with Gasteiger partial charge in [-0.05, 0) is 62.6 Å². The predicted octanol–water partition coefficient (Wildman–Crippen LogP) is 5.87. The number of rotatable bonds is 6. The van der Waals surface area contributed by atoms with Crippen LogP contribution < -0.4 is 5.32 Å². The lowest BCUT2D eigenvalue weighted by molar-refractivity contribution is -0.116. The molecule has 1 amide bonds. The molecule has 0 saturated heterocycles. The van der Waals surface area contributed by atoms with Crippen LogP contribution in [-0.4, -0.2) is 30.5 Å². The molecule has 8 heteroatoms. The highest BCUT2D eigenvalue weighted by molar-refractivity contribution is 6.30. The van der Waals surface area contributed by atoms with E-state index >= 15 is 0 Å². The number of carbonyl (C=O) groups excluding carboxylic acids is 1. The lowest BCUT2D eigenvalue weighted by atomic mass is 10.0. The van der Waals surface area contributed by atoms with E-state index in [1.165, 1.54) is 5.56 Å². The van der Waals surface area contributed by atoms with Crippen LogP contribution in [0.3, 0.4) is 0 Å². The number of amides is 1. The molecule has 0 aliphatic rings. The lowest BCUT2D eigenvalue weighted by Gasteiger charge is -2.08. The maximum atomic E-state index is 13.1. The number of anilines is 1. The van der Waals surface area contributed by atoms with Gasteiger partial charge in [0.2, 0.25) is 5.91 Å². The quantitative estimate of drug-likeness (QED) is 0.317. The number of aryl methyl sites for hydroxylation is 3. The number of nitrogens with zero attached hydrogens (tertiary/aromatic N) is 5. The van der Waals surface area contributed by atoms with Crippen molar-refractivity contribution in [2.24, 2.45) is 0 Å². The van der Waals surface area contributed by atoms with E-state index in [4.69, 9.17) is 11.6 Å². The number of nitrogens with one attached hydrogen (secondary N) is 1. The first-order chi connectivity index (χ1) is 17.3. The van der Waals surface area contributed by atoms with Crippen LogP contribution >= 0.6 is 11.6 Å². The first-order valence-corrected chi connectivity index (χ1v) is 12.2. The minimum absolute atomic E-state index is 0.0487. The Balaban J connectivity index is 1.39. The number of carbonyl (C=O) groups is 1. The maximum absolute atomic E-state index is 13.1. The van der Waals surface area contributed by atoms with Crippen molar-refractivity contribution >= 4 is 34.2 Å². The van der Waals surface area contributed by atoms with Gasteiger partial charge in [-0.3, -0.25) is 9.48 Å². The molecule has 0 unspecified atom stereocenters. The molecule has 1 N–H and O–H groups in total. The number of pyridine rings is 1. The van der Waals surface area contributed by atoms with Crippen molar-refractivity contribution in [1.29, 1.82) is 0 Å². The van der Waals surface area contributed by atoms with E-state index in [2.05, 4.69) is 51.7 Å². The summed E-state index contributed by atoms with van der Waals surface area (Å²) in [6, 6.07) is 18.0. The Morgan fingerprint density at radius 2 is 1.69 bits per heavy atom. The zero-order valence-electron chi connectivity index (χ0n) is 20.7. The molecule has 3 aromatic heterocycles. The summed E-state index contributed by atoms with van der Waals surface area (Å²) in [5.74, 6) is -0.185. The standard InChI is InChI=1S/C28H27ClN6O/c1-17-8-10-22(11-9-17)24-12-13-30-28-26(24)18(2)32-35(28)16-25(36)31-27-19(3)33-34(20(27)4)15-21-6-5-7-23(29)14-21/h5-14H,15-16H2,1-4H3,(H,31,36). The van der Waals surface area contributed by atoms with Gasteiger partial charge in [0.25, 0.3) is 0 Å². The molecule has 3 heterocycles. The number of halogens is 1. The summed E-state index contributed by atoms with van der Waals surface area (Å²) >= 11 is 6.13. The van der Waals surface area contributed by atoms with Crippen LogP contribution in [0.5, 0.6) is 0 Å². The molecule has 0 fully saturated rings. The molecule has 0 aliphatic carbocycles. The van der Waals surface area contributed by atoms with Gasteiger partial charge in [0, 0.05) is 16.6 Å². The van der Waals surface area contributed by atoms with Gasteiger partial charge in [-0.15, -0.1) is 0 Å². The third kappa shape index (κ3) is 4.62. The van der Waals surface area contributed by atoms with E-state index in [1.807, 2.05) is 55.8 Å². The van der Waals surface area contributed by atoms with E-state index in [0.29, 0.717) is 22.9 Å². The molecule has 0 aliphatic heterocycles. The Bertz CT molecular complexity index is 1580. The van der Waals surface area contributed by atoms with Gasteiger partial charge in [-0.25, -0.2) is 9.67 Å². The smallest absolute Gasteiger partial charge is 0.246 e. The minimum Gasteiger partial charge on any atom is -0.321 e. The van der Waals surface area contributed by atoms with Crippen LogP contribution in [0.2, 0.25) is 5.02 Å². The number of fused-ring (bicyclic) bond motifs is 1. The largest absolute Gasteiger partial charge is 0.321 e. The molecule has 36 heavy (non-hydrogen) atoms. The molecule has 0 saturated carbocycles. The van der Waals surface area contributed by atoms with Gasteiger partial charge < -0.3 is 5.32 Å². The first kappa shape index (κ1) is 23.8. The first-order valence-electron chi connectivity index (χ1n) is 11.8. The summed E-state index contributed by atoms with van der Waals surface area (Å²) in [6.07, 6.45) is 1.77. The number of benzene rings is 2. The van der Waals surface area contributed by atoms with Gasteiger partial charge in [0.1, 0.15) is 6.54 Å². The van der Waals surface area contributed by atoms with E-state index in [0.717, 1.165) is 39.2 Å². The van der Waals surface area contributed by atoms with Crippen molar-refractivity contribution in [3.8, 4) is 11.1 Å². The van der Waals surface area contributed by atoms with E-state index < -0.39 is 0 Å². The van der Waals surface area contributed by atoms with Gasteiger partial charge in [-0.2, -0.15) is 10.2 Å². The average Bonchev–Trinajstić information content (AvgIpc) is 3.30. The normalized spacial score (nSPS) is 11.2. The zero-order chi connectivity index (χ0) is 25.4. The van der Waals surface area contributed by atoms with Gasteiger partial charge >= 0.3 is 0 Å². The number of aromatic nitrogens is 5. The summed E-state index contributed by atoms with van der Waals surface area (Å²) in [7, 11) is 0. The van der Waals surface area contributed by atoms with Crippen molar-refractivity contribution in [1.82, 2.24) is 24.5 Å². The van der Waals surface area contributed by atoms with Crippen molar-refractivity contribution < 1.29 is 4.79 Å². The molecule has 0 atom stereocenters. The van der Waals surface area contributed by atoms with Crippen LogP contribution in [0.1, 0.15) is 28.2 Å². The Morgan fingerprint density at radius 1 is 0.944 bits per heavy atom. The molecular weight excluding hydrogens is 472 g/mol. The highest BCUT2D eigenvalue weighted by Crippen LogP contribution is 2.30. The summed E-state index contributed by atoms with van der Waals surface area (Å²) in [5.41, 5.74) is 8.26. The fourth-order valence-electron chi connectivity index (χ4n) is 4.52.